The van der Waals surface area contributed by atoms with E-state index in [2.05, 4.69) is 31.0 Å². The minimum Gasteiger partial charge on any atom is -0.501 e. The molecule has 0 unspecified atom stereocenters. The predicted molar refractivity (Wildman–Crippen MR) is 58.2 cm³/mol. The Kier molecular flexibility index (Phi) is 2.36. The Balaban J connectivity index is 2.34. The molecule has 1 aromatic heterocycles. The van der Waals surface area contributed by atoms with Crippen LogP contribution in [0.5, 0.6) is 0 Å². The molecular formula is C12H17NO. The average molecular weight is 191 g/mol. The number of fused-ring (bicyclic) bond motifs is 1. The van der Waals surface area contributed by atoms with Gasteiger partial charge in [0.15, 0.2) is 0 Å². The first-order valence-corrected chi connectivity index (χ1v) is 5.17. The fourth-order valence-corrected chi connectivity index (χ4v) is 1.84. The van der Waals surface area contributed by atoms with Crippen molar-refractivity contribution in [3.05, 3.63) is 28.8 Å². The fraction of sp³-hybridized carbons (Fsp3) is 0.500. The Morgan fingerprint density at radius 3 is 2.79 bits per heavy atom. The van der Waals surface area contributed by atoms with Crippen LogP contribution < -0.4 is 0 Å². The molecule has 76 valence electrons. The Bertz CT molecular complexity index is 360. The minimum absolute atomic E-state index is 0.569. The smallest absolute Gasteiger partial charge is 0.0965 e. The van der Waals surface area contributed by atoms with Crippen molar-refractivity contribution >= 4 is 6.08 Å². The van der Waals surface area contributed by atoms with E-state index in [9.17, 15) is 0 Å². The Hall–Kier alpha value is -1.18. The van der Waals surface area contributed by atoms with Gasteiger partial charge in [0.25, 0.3) is 0 Å². The minimum atomic E-state index is 0.569. The van der Waals surface area contributed by atoms with Crippen molar-refractivity contribution < 1.29 is 4.74 Å². The maximum Gasteiger partial charge on any atom is 0.0965 e. The topological polar surface area (TPSA) is 25.0 Å². The van der Waals surface area contributed by atoms with Gasteiger partial charge < -0.3 is 9.72 Å². The quantitative estimate of drug-likeness (QED) is 0.763. The summed E-state index contributed by atoms with van der Waals surface area (Å²) in [5.41, 5.74) is 3.98. The molecule has 0 spiro atoms. The highest BCUT2D eigenvalue weighted by molar-refractivity contribution is 5.58. The van der Waals surface area contributed by atoms with E-state index in [4.69, 9.17) is 4.74 Å². The summed E-state index contributed by atoms with van der Waals surface area (Å²) in [5, 5.41) is 0. The second-order valence-electron chi connectivity index (χ2n) is 4.13. The molecule has 0 aromatic carbocycles. The van der Waals surface area contributed by atoms with Gasteiger partial charge in [-0.3, -0.25) is 0 Å². The standard InChI is InChI=1S/C12H17NO/c1-8(2)12-7-9-6-10(14-3)4-5-11(9)13-12/h6-8,13H,4-5H2,1-3H3. The van der Waals surface area contributed by atoms with Crippen LogP contribution in [0, 0.1) is 0 Å². The van der Waals surface area contributed by atoms with Gasteiger partial charge in [0.2, 0.25) is 0 Å². The van der Waals surface area contributed by atoms with Crippen LogP contribution in [0.25, 0.3) is 6.08 Å². The number of aryl methyl sites for hydroxylation is 1. The zero-order chi connectivity index (χ0) is 10.1. The first-order chi connectivity index (χ1) is 6.70. The van der Waals surface area contributed by atoms with Crippen molar-refractivity contribution in [2.45, 2.75) is 32.6 Å². The summed E-state index contributed by atoms with van der Waals surface area (Å²) in [7, 11) is 1.74. The van der Waals surface area contributed by atoms with E-state index in [1.807, 2.05) is 0 Å². The maximum absolute atomic E-state index is 5.26. The molecule has 0 radical (unpaired) electrons. The predicted octanol–water partition coefficient (Wildman–Crippen LogP) is 3.07. The molecule has 2 nitrogen and oxygen atoms in total. The molecule has 1 aromatic rings. The summed E-state index contributed by atoms with van der Waals surface area (Å²) in [5.74, 6) is 1.66. The largest absolute Gasteiger partial charge is 0.501 e. The molecule has 2 rings (SSSR count). The third-order valence-corrected chi connectivity index (χ3v) is 2.78. The van der Waals surface area contributed by atoms with E-state index in [0.717, 1.165) is 18.6 Å². The molecule has 0 aliphatic heterocycles. The molecule has 1 N–H and O–H groups in total. The summed E-state index contributed by atoms with van der Waals surface area (Å²) >= 11 is 0. The van der Waals surface area contributed by atoms with Crippen LogP contribution in [-0.4, -0.2) is 12.1 Å². The lowest BCUT2D eigenvalue weighted by atomic mass is 10.0. The van der Waals surface area contributed by atoms with Crippen LogP contribution in [0.4, 0.5) is 0 Å². The first-order valence-electron chi connectivity index (χ1n) is 5.17. The van der Waals surface area contributed by atoms with E-state index in [0.29, 0.717) is 5.92 Å². The third-order valence-electron chi connectivity index (χ3n) is 2.78. The van der Waals surface area contributed by atoms with Gasteiger partial charge in [0, 0.05) is 17.8 Å². The monoisotopic (exact) mass is 191 g/mol. The molecule has 14 heavy (non-hydrogen) atoms. The summed E-state index contributed by atoms with van der Waals surface area (Å²) in [6.45, 7) is 4.41. The van der Waals surface area contributed by atoms with Crippen LogP contribution in [0.15, 0.2) is 11.8 Å². The first kappa shape index (κ1) is 9.38. The Morgan fingerprint density at radius 2 is 2.14 bits per heavy atom. The molecule has 1 aliphatic rings. The number of aromatic nitrogens is 1. The molecule has 2 heteroatoms. The van der Waals surface area contributed by atoms with Crippen molar-refractivity contribution in [1.29, 1.82) is 0 Å². The lowest BCUT2D eigenvalue weighted by Crippen LogP contribution is -1.99. The lowest BCUT2D eigenvalue weighted by molar-refractivity contribution is 0.279. The van der Waals surface area contributed by atoms with Crippen molar-refractivity contribution in [2.75, 3.05) is 7.11 Å². The van der Waals surface area contributed by atoms with Crippen LogP contribution in [0.1, 0.15) is 43.1 Å². The molecule has 0 bridgehead atoms. The molecule has 0 atom stereocenters. The Morgan fingerprint density at radius 1 is 1.36 bits per heavy atom. The van der Waals surface area contributed by atoms with Gasteiger partial charge in [-0.2, -0.15) is 0 Å². The SMILES string of the molecule is COC1=Cc2cc(C(C)C)[nH]c2CC1. The van der Waals surface area contributed by atoms with Crippen molar-refractivity contribution in [3.8, 4) is 0 Å². The number of ether oxygens (including phenoxy) is 1. The summed E-state index contributed by atoms with van der Waals surface area (Å²) < 4.78 is 5.26. The van der Waals surface area contributed by atoms with Crippen molar-refractivity contribution in [2.24, 2.45) is 0 Å². The third kappa shape index (κ3) is 1.57. The van der Waals surface area contributed by atoms with Gasteiger partial charge in [-0.15, -0.1) is 0 Å². The summed E-state index contributed by atoms with van der Waals surface area (Å²) in [4.78, 5) is 3.48. The van der Waals surface area contributed by atoms with Gasteiger partial charge in [0.05, 0.1) is 12.9 Å². The molecule has 0 saturated carbocycles. The molecular weight excluding hydrogens is 174 g/mol. The van der Waals surface area contributed by atoms with Gasteiger partial charge in [0.1, 0.15) is 0 Å². The van der Waals surface area contributed by atoms with Gasteiger partial charge in [-0.05, 0) is 30.0 Å². The second-order valence-corrected chi connectivity index (χ2v) is 4.13. The number of methoxy groups -OCH3 is 1. The number of nitrogens with one attached hydrogen (secondary N) is 1. The van der Waals surface area contributed by atoms with E-state index in [-0.39, 0.29) is 0 Å². The zero-order valence-electron chi connectivity index (χ0n) is 9.05. The lowest BCUT2D eigenvalue weighted by Gasteiger charge is -2.11. The van der Waals surface area contributed by atoms with E-state index < -0.39 is 0 Å². The number of rotatable bonds is 2. The highest BCUT2D eigenvalue weighted by Gasteiger charge is 2.14. The van der Waals surface area contributed by atoms with Crippen LogP contribution in [0.2, 0.25) is 0 Å². The van der Waals surface area contributed by atoms with Crippen LogP contribution >= 0.6 is 0 Å². The number of H-pyrrole nitrogens is 1. The second kappa shape index (κ2) is 3.52. The number of allylic oxidation sites excluding steroid dienone is 1. The molecule has 1 heterocycles. The summed E-state index contributed by atoms with van der Waals surface area (Å²) in [6, 6.07) is 2.23. The molecule has 0 saturated heterocycles. The number of hydrogen-bond acceptors (Lipinski definition) is 1. The maximum atomic E-state index is 5.26. The zero-order valence-corrected chi connectivity index (χ0v) is 9.05. The van der Waals surface area contributed by atoms with E-state index >= 15 is 0 Å². The fourth-order valence-electron chi connectivity index (χ4n) is 1.84. The van der Waals surface area contributed by atoms with Crippen LogP contribution in [0.3, 0.4) is 0 Å². The van der Waals surface area contributed by atoms with Gasteiger partial charge >= 0.3 is 0 Å². The molecule has 1 aliphatic carbocycles. The van der Waals surface area contributed by atoms with Gasteiger partial charge in [-0.1, -0.05) is 13.8 Å². The van der Waals surface area contributed by atoms with Crippen LogP contribution in [-0.2, 0) is 11.2 Å². The van der Waals surface area contributed by atoms with E-state index in [1.54, 1.807) is 7.11 Å². The van der Waals surface area contributed by atoms with Crippen molar-refractivity contribution in [1.82, 2.24) is 4.98 Å². The molecule has 0 amide bonds. The molecule has 0 fully saturated rings. The van der Waals surface area contributed by atoms with Crippen molar-refractivity contribution in [3.63, 3.8) is 0 Å². The summed E-state index contributed by atoms with van der Waals surface area (Å²) in [6.07, 6.45) is 4.23. The highest BCUT2D eigenvalue weighted by atomic mass is 16.5. The highest BCUT2D eigenvalue weighted by Crippen LogP contribution is 2.27. The Labute approximate surface area is 85.0 Å². The number of hydrogen-bond donors (Lipinski definition) is 1. The van der Waals surface area contributed by atoms with Gasteiger partial charge in [-0.25, -0.2) is 0 Å². The average Bonchev–Trinajstić information content (AvgIpc) is 2.59. The normalized spacial score (nSPS) is 15.3. The van der Waals surface area contributed by atoms with E-state index in [1.165, 1.54) is 17.0 Å². The number of aromatic amines is 1.